The molecule has 0 aromatic heterocycles. The number of rotatable bonds is 5. The third-order valence-electron chi connectivity index (χ3n) is 2.51. The summed E-state index contributed by atoms with van der Waals surface area (Å²) in [6.45, 7) is 2.46. The maximum atomic E-state index is 11.2. The average molecular weight is 255 g/mol. The molecule has 0 aliphatic rings. The lowest BCUT2D eigenvalue weighted by Crippen LogP contribution is -2.29. The topological polar surface area (TPSA) is 32.3 Å². The lowest BCUT2D eigenvalue weighted by atomic mass is 10.0. The molecule has 0 saturated heterocycles. The Morgan fingerprint density at radius 3 is 2.41 bits per heavy atom. The van der Waals surface area contributed by atoms with Crippen molar-refractivity contribution in [1.82, 2.24) is 10.2 Å². The number of carbonyl (C=O) groups is 1. The van der Waals surface area contributed by atoms with Crippen molar-refractivity contribution in [2.75, 3.05) is 20.6 Å². The number of nitrogens with one attached hydrogen (secondary N) is 1. The number of hydrogen-bond acceptors (Lipinski definition) is 2. The Kier molecular flexibility index (Phi) is 5.45. The van der Waals surface area contributed by atoms with Crippen LogP contribution in [0.15, 0.2) is 24.3 Å². The molecule has 0 heterocycles. The van der Waals surface area contributed by atoms with E-state index in [0.29, 0.717) is 5.02 Å². The van der Waals surface area contributed by atoms with Gasteiger partial charge in [0.1, 0.15) is 0 Å². The van der Waals surface area contributed by atoms with Gasteiger partial charge in [0, 0.05) is 11.9 Å². The van der Waals surface area contributed by atoms with E-state index in [4.69, 9.17) is 11.6 Å². The summed E-state index contributed by atoms with van der Waals surface area (Å²) in [7, 11) is 4.04. The van der Waals surface area contributed by atoms with Crippen molar-refractivity contribution in [3.63, 3.8) is 0 Å². The normalized spacial score (nSPS) is 12.5. The summed E-state index contributed by atoms with van der Waals surface area (Å²) in [5, 5.41) is 3.67. The average Bonchev–Trinajstić information content (AvgIpc) is 2.25. The second-order valence-electron chi connectivity index (χ2n) is 4.40. The van der Waals surface area contributed by atoms with Gasteiger partial charge in [-0.1, -0.05) is 23.7 Å². The van der Waals surface area contributed by atoms with E-state index in [1.807, 2.05) is 38.4 Å². The van der Waals surface area contributed by atoms with E-state index in [9.17, 15) is 4.79 Å². The van der Waals surface area contributed by atoms with Crippen LogP contribution in [0.1, 0.15) is 24.9 Å². The van der Waals surface area contributed by atoms with E-state index in [-0.39, 0.29) is 11.9 Å². The first kappa shape index (κ1) is 14.0. The SMILES string of the molecule is CC(=O)NC(CCN(C)C)c1ccc(Cl)cc1. The van der Waals surface area contributed by atoms with Gasteiger partial charge in [0.05, 0.1) is 6.04 Å². The zero-order valence-corrected chi connectivity index (χ0v) is 11.3. The molecule has 0 radical (unpaired) electrons. The number of hydrogen-bond donors (Lipinski definition) is 1. The van der Waals surface area contributed by atoms with Crippen LogP contribution < -0.4 is 5.32 Å². The lowest BCUT2D eigenvalue weighted by molar-refractivity contribution is -0.119. The lowest BCUT2D eigenvalue weighted by Gasteiger charge is -2.20. The van der Waals surface area contributed by atoms with Crippen LogP contribution in [0, 0.1) is 0 Å². The molecule has 17 heavy (non-hydrogen) atoms. The number of halogens is 1. The molecule has 1 amide bonds. The van der Waals surface area contributed by atoms with E-state index >= 15 is 0 Å². The number of carbonyl (C=O) groups excluding carboxylic acids is 1. The summed E-state index contributed by atoms with van der Waals surface area (Å²) in [4.78, 5) is 13.3. The maximum Gasteiger partial charge on any atom is 0.217 e. The first-order valence-electron chi connectivity index (χ1n) is 5.66. The standard InChI is InChI=1S/C13H19ClN2O/c1-10(17)15-13(8-9-16(2)3)11-4-6-12(14)7-5-11/h4-7,13H,8-9H2,1-3H3,(H,15,17). The minimum atomic E-state index is -0.0105. The highest BCUT2D eigenvalue weighted by atomic mass is 35.5. The van der Waals surface area contributed by atoms with Gasteiger partial charge in [-0.25, -0.2) is 0 Å². The highest BCUT2D eigenvalue weighted by molar-refractivity contribution is 6.30. The molecular weight excluding hydrogens is 236 g/mol. The van der Waals surface area contributed by atoms with Gasteiger partial charge in [-0.05, 0) is 44.8 Å². The van der Waals surface area contributed by atoms with Crippen LogP contribution in [0.3, 0.4) is 0 Å². The first-order chi connectivity index (χ1) is 7.99. The zero-order chi connectivity index (χ0) is 12.8. The smallest absolute Gasteiger partial charge is 0.217 e. The van der Waals surface area contributed by atoms with E-state index in [0.717, 1.165) is 18.5 Å². The summed E-state index contributed by atoms with van der Waals surface area (Å²) in [6, 6.07) is 7.66. The third-order valence-corrected chi connectivity index (χ3v) is 2.77. The van der Waals surface area contributed by atoms with Gasteiger partial charge in [-0.15, -0.1) is 0 Å². The largest absolute Gasteiger partial charge is 0.349 e. The molecule has 1 unspecified atom stereocenters. The van der Waals surface area contributed by atoms with Crippen molar-refractivity contribution in [2.24, 2.45) is 0 Å². The molecule has 0 saturated carbocycles. The highest BCUT2D eigenvalue weighted by Crippen LogP contribution is 2.19. The van der Waals surface area contributed by atoms with Crippen LogP contribution in [-0.2, 0) is 4.79 Å². The van der Waals surface area contributed by atoms with Crippen LogP contribution in [0.4, 0.5) is 0 Å². The van der Waals surface area contributed by atoms with Gasteiger partial charge in [-0.3, -0.25) is 4.79 Å². The third kappa shape index (κ3) is 5.20. The Morgan fingerprint density at radius 2 is 1.94 bits per heavy atom. The molecule has 3 nitrogen and oxygen atoms in total. The summed E-state index contributed by atoms with van der Waals surface area (Å²) in [5.74, 6) is -0.0105. The van der Waals surface area contributed by atoms with Gasteiger partial charge in [0.2, 0.25) is 5.91 Å². The maximum absolute atomic E-state index is 11.2. The van der Waals surface area contributed by atoms with Gasteiger partial charge in [0.25, 0.3) is 0 Å². The molecule has 0 fully saturated rings. The molecule has 1 aromatic rings. The number of benzene rings is 1. The van der Waals surface area contributed by atoms with Gasteiger partial charge < -0.3 is 10.2 Å². The molecule has 1 rings (SSSR count). The van der Waals surface area contributed by atoms with E-state index in [1.165, 1.54) is 0 Å². The molecular formula is C13H19ClN2O. The summed E-state index contributed by atoms with van der Waals surface area (Å²) in [5.41, 5.74) is 1.09. The minimum Gasteiger partial charge on any atom is -0.349 e. The van der Waals surface area contributed by atoms with E-state index in [1.54, 1.807) is 6.92 Å². The fourth-order valence-corrected chi connectivity index (χ4v) is 1.78. The number of nitrogens with zero attached hydrogens (tertiary/aromatic N) is 1. The summed E-state index contributed by atoms with van der Waals surface area (Å²) in [6.07, 6.45) is 0.883. The fraction of sp³-hybridized carbons (Fsp3) is 0.462. The van der Waals surface area contributed by atoms with Crippen LogP contribution in [0.2, 0.25) is 5.02 Å². The Morgan fingerprint density at radius 1 is 1.35 bits per heavy atom. The number of amides is 1. The van der Waals surface area contributed by atoms with Crippen LogP contribution >= 0.6 is 11.6 Å². The van der Waals surface area contributed by atoms with Crippen molar-refractivity contribution >= 4 is 17.5 Å². The molecule has 4 heteroatoms. The van der Waals surface area contributed by atoms with E-state index < -0.39 is 0 Å². The predicted molar refractivity (Wildman–Crippen MR) is 71.2 cm³/mol. The van der Waals surface area contributed by atoms with Crippen molar-refractivity contribution in [1.29, 1.82) is 0 Å². The molecule has 1 aromatic carbocycles. The van der Waals surface area contributed by atoms with Gasteiger partial charge in [0.15, 0.2) is 0 Å². The van der Waals surface area contributed by atoms with Crippen molar-refractivity contribution in [2.45, 2.75) is 19.4 Å². The van der Waals surface area contributed by atoms with Crippen molar-refractivity contribution < 1.29 is 4.79 Å². The Bertz CT molecular complexity index is 362. The summed E-state index contributed by atoms with van der Waals surface area (Å²) < 4.78 is 0. The Balaban J connectivity index is 2.74. The Hall–Kier alpha value is -1.06. The molecule has 1 N–H and O–H groups in total. The van der Waals surface area contributed by atoms with Crippen LogP contribution in [0.25, 0.3) is 0 Å². The van der Waals surface area contributed by atoms with Crippen LogP contribution in [-0.4, -0.2) is 31.4 Å². The van der Waals surface area contributed by atoms with Gasteiger partial charge >= 0.3 is 0 Å². The van der Waals surface area contributed by atoms with Crippen LogP contribution in [0.5, 0.6) is 0 Å². The summed E-state index contributed by atoms with van der Waals surface area (Å²) >= 11 is 5.85. The second-order valence-corrected chi connectivity index (χ2v) is 4.83. The zero-order valence-electron chi connectivity index (χ0n) is 10.5. The monoisotopic (exact) mass is 254 g/mol. The first-order valence-corrected chi connectivity index (χ1v) is 6.04. The van der Waals surface area contributed by atoms with Gasteiger partial charge in [-0.2, -0.15) is 0 Å². The highest BCUT2D eigenvalue weighted by Gasteiger charge is 2.12. The Labute approximate surface area is 108 Å². The fourth-order valence-electron chi connectivity index (χ4n) is 1.65. The van der Waals surface area contributed by atoms with Crippen molar-refractivity contribution in [3.8, 4) is 0 Å². The minimum absolute atomic E-state index is 0.0105. The molecule has 1 atom stereocenters. The molecule has 0 aliphatic heterocycles. The predicted octanol–water partition coefficient (Wildman–Crippen LogP) is 2.47. The molecule has 94 valence electrons. The molecule has 0 aliphatic carbocycles. The second kappa shape index (κ2) is 6.62. The van der Waals surface area contributed by atoms with Crippen molar-refractivity contribution in [3.05, 3.63) is 34.9 Å². The van der Waals surface area contributed by atoms with E-state index in [2.05, 4.69) is 10.2 Å². The molecule has 0 spiro atoms. The molecule has 0 bridgehead atoms. The quantitative estimate of drug-likeness (QED) is 0.876.